The van der Waals surface area contributed by atoms with Crippen LogP contribution in [0.15, 0.2) is 0 Å². The minimum Gasteiger partial charge on any atom is -0.465 e. The molecular formula is C13H24N2O3. The summed E-state index contributed by atoms with van der Waals surface area (Å²) in [5.41, 5.74) is 0. The molecule has 0 radical (unpaired) electrons. The van der Waals surface area contributed by atoms with Crippen molar-refractivity contribution in [3.63, 3.8) is 0 Å². The Kier molecular flexibility index (Phi) is 6.12. The fourth-order valence-electron chi connectivity index (χ4n) is 2.16. The minimum absolute atomic E-state index is 0.0122. The molecule has 0 aromatic carbocycles. The van der Waals surface area contributed by atoms with Crippen LogP contribution < -0.4 is 5.32 Å². The van der Waals surface area contributed by atoms with Crippen LogP contribution in [0.25, 0.3) is 0 Å². The van der Waals surface area contributed by atoms with Crippen molar-refractivity contribution in [2.45, 2.75) is 27.2 Å². The fourth-order valence-corrected chi connectivity index (χ4v) is 2.16. The number of hydrogen-bond acceptors (Lipinski definition) is 4. The number of ether oxygens (including phenoxy) is 1. The van der Waals surface area contributed by atoms with Gasteiger partial charge in [-0.2, -0.15) is 0 Å². The van der Waals surface area contributed by atoms with Gasteiger partial charge in [-0.05, 0) is 25.8 Å². The van der Waals surface area contributed by atoms with Gasteiger partial charge >= 0.3 is 5.97 Å². The molecule has 5 heteroatoms. The molecule has 5 nitrogen and oxygen atoms in total. The van der Waals surface area contributed by atoms with Gasteiger partial charge < -0.3 is 15.0 Å². The monoisotopic (exact) mass is 256 g/mol. The van der Waals surface area contributed by atoms with Gasteiger partial charge in [0.25, 0.3) is 0 Å². The topological polar surface area (TPSA) is 58.6 Å². The quantitative estimate of drug-likeness (QED) is 0.709. The van der Waals surface area contributed by atoms with Crippen molar-refractivity contribution in [3.05, 3.63) is 0 Å². The number of nitrogens with zero attached hydrogens (tertiary/aromatic N) is 1. The Morgan fingerprint density at radius 2 is 2.17 bits per heavy atom. The van der Waals surface area contributed by atoms with Gasteiger partial charge in [-0.15, -0.1) is 0 Å². The predicted octanol–water partition coefficient (Wildman–Crippen LogP) is 0.644. The van der Waals surface area contributed by atoms with Gasteiger partial charge in [0.2, 0.25) is 5.91 Å². The molecule has 0 spiro atoms. The third-order valence-corrected chi connectivity index (χ3v) is 2.93. The highest BCUT2D eigenvalue weighted by Gasteiger charge is 2.28. The number of hydrogen-bond donors (Lipinski definition) is 1. The second kappa shape index (κ2) is 7.36. The van der Waals surface area contributed by atoms with Crippen molar-refractivity contribution < 1.29 is 14.3 Å². The first-order chi connectivity index (χ1) is 8.54. The average molecular weight is 256 g/mol. The van der Waals surface area contributed by atoms with Crippen LogP contribution in [0.5, 0.6) is 0 Å². The molecule has 104 valence electrons. The van der Waals surface area contributed by atoms with Crippen LogP contribution in [0.1, 0.15) is 27.2 Å². The van der Waals surface area contributed by atoms with Gasteiger partial charge in [-0.25, -0.2) is 0 Å². The van der Waals surface area contributed by atoms with Crippen LogP contribution in [0.4, 0.5) is 0 Å². The first kappa shape index (κ1) is 15.0. The molecule has 0 aromatic rings. The summed E-state index contributed by atoms with van der Waals surface area (Å²) in [6.45, 7) is 8.48. The summed E-state index contributed by atoms with van der Waals surface area (Å²) in [4.78, 5) is 25.5. The number of rotatable bonds is 6. The Labute approximate surface area is 109 Å². The Morgan fingerprint density at radius 1 is 1.44 bits per heavy atom. The molecule has 1 atom stereocenters. The molecule has 1 saturated heterocycles. The lowest BCUT2D eigenvalue weighted by Crippen LogP contribution is -2.42. The van der Waals surface area contributed by atoms with Gasteiger partial charge in [-0.3, -0.25) is 9.59 Å². The normalized spacial score (nSPS) is 19.0. The molecule has 1 fully saturated rings. The average Bonchev–Trinajstić information content (AvgIpc) is 2.80. The zero-order valence-corrected chi connectivity index (χ0v) is 11.6. The predicted molar refractivity (Wildman–Crippen MR) is 69.0 cm³/mol. The third kappa shape index (κ3) is 4.64. The highest BCUT2D eigenvalue weighted by molar-refractivity contribution is 5.84. The molecule has 0 saturated carbocycles. The largest absolute Gasteiger partial charge is 0.465 e. The first-order valence-corrected chi connectivity index (χ1v) is 6.69. The molecule has 1 aliphatic rings. The molecule has 18 heavy (non-hydrogen) atoms. The number of carbonyl (C=O) groups excluding carboxylic acids is 2. The molecule has 1 heterocycles. The lowest BCUT2D eigenvalue weighted by Gasteiger charge is -2.26. The third-order valence-electron chi connectivity index (χ3n) is 2.93. The van der Waals surface area contributed by atoms with E-state index in [9.17, 15) is 9.59 Å². The molecule has 0 aromatic heterocycles. The Morgan fingerprint density at radius 3 is 2.67 bits per heavy atom. The molecule has 1 rings (SSSR count). The van der Waals surface area contributed by atoms with E-state index in [1.807, 2.05) is 13.8 Å². The van der Waals surface area contributed by atoms with E-state index in [0.717, 1.165) is 19.5 Å². The van der Waals surface area contributed by atoms with E-state index < -0.39 is 0 Å². The Bertz CT molecular complexity index is 286. The summed E-state index contributed by atoms with van der Waals surface area (Å²) in [6, 6.07) is 0. The van der Waals surface area contributed by atoms with Crippen LogP contribution in [0.2, 0.25) is 0 Å². The van der Waals surface area contributed by atoms with E-state index >= 15 is 0 Å². The molecular weight excluding hydrogens is 232 g/mol. The summed E-state index contributed by atoms with van der Waals surface area (Å²) in [5, 5.41) is 3.18. The maximum Gasteiger partial charge on any atom is 0.325 e. The van der Waals surface area contributed by atoms with Crippen LogP contribution in [0.3, 0.4) is 0 Å². The number of esters is 1. The second-order valence-electron chi connectivity index (χ2n) is 5.11. The lowest BCUT2D eigenvalue weighted by atomic mass is 10.1. The highest BCUT2D eigenvalue weighted by atomic mass is 16.5. The summed E-state index contributed by atoms with van der Waals surface area (Å²) in [7, 11) is 0. The number of amides is 1. The van der Waals surface area contributed by atoms with Crippen molar-refractivity contribution in [1.82, 2.24) is 10.2 Å². The van der Waals surface area contributed by atoms with E-state index in [0.29, 0.717) is 19.1 Å². The summed E-state index contributed by atoms with van der Waals surface area (Å²) in [5.74, 6) is 0.107. The Balaban J connectivity index is 2.58. The van der Waals surface area contributed by atoms with Crippen LogP contribution in [0, 0.1) is 11.8 Å². The second-order valence-corrected chi connectivity index (χ2v) is 5.11. The number of carbonyl (C=O) groups is 2. The van der Waals surface area contributed by atoms with Crippen LogP contribution in [-0.2, 0) is 14.3 Å². The summed E-state index contributed by atoms with van der Waals surface area (Å²) >= 11 is 0. The molecule has 1 N–H and O–H groups in total. The SMILES string of the molecule is CCOC(=O)CN(CC(C)C)C(=O)C1CCNC1. The maximum absolute atomic E-state index is 12.3. The van der Waals surface area contributed by atoms with Crippen LogP contribution in [-0.4, -0.2) is 49.6 Å². The zero-order chi connectivity index (χ0) is 13.5. The molecule has 0 bridgehead atoms. The van der Waals surface area contributed by atoms with E-state index in [2.05, 4.69) is 5.32 Å². The molecule has 1 aliphatic heterocycles. The number of nitrogens with one attached hydrogen (secondary N) is 1. The van der Waals surface area contributed by atoms with Gasteiger partial charge in [0.15, 0.2) is 0 Å². The van der Waals surface area contributed by atoms with Gasteiger partial charge in [0, 0.05) is 13.1 Å². The van der Waals surface area contributed by atoms with Gasteiger partial charge in [0.05, 0.1) is 12.5 Å². The van der Waals surface area contributed by atoms with Gasteiger partial charge in [-0.1, -0.05) is 13.8 Å². The fraction of sp³-hybridized carbons (Fsp3) is 0.846. The lowest BCUT2D eigenvalue weighted by molar-refractivity contribution is -0.150. The summed E-state index contributed by atoms with van der Waals surface area (Å²) in [6.07, 6.45) is 0.857. The van der Waals surface area contributed by atoms with Gasteiger partial charge in [0.1, 0.15) is 6.54 Å². The van der Waals surface area contributed by atoms with Crippen molar-refractivity contribution in [2.75, 3.05) is 32.8 Å². The highest BCUT2D eigenvalue weighted by Crippen LogP contribution is 2.13. The summed E-state index contributed by atoms with van der Waals surface area (Å²) < 4.78 is 4.92. The zero-order valence-electron chi connectivity index (χ0n) is 11.6. The van der Waals surface area contributed by atoms with Crippen LogP contribution >= 0.6 is 0 Å². The standard InChI is InChI=1S/C13H24N2O3/c1-4-18-12(16)9-15(8-10(2)3)13(17)11-5-6-14-7-11/h10-11,14H,4-9H2,1-3H3. The van der Waals surface area contributed by atoms with Crippen molar-refractivity contribution in [2.24, 2.45) is 11.8 Å². The maximum atomic E-state index is 12.3. The van der Waals surface area contributed by atoms with E-state index in [4.69, 9.17) is 4.74 Å². The van der Waals surface area contributed by atoms with Crippen molar-refractivity contribution >= 4 is 11.9 Å². The first-order valence-electron chi connectivity index (χ1n) is 6.69. The molecule has 1 unspecified atom stereocenters. The molecule has 0 aliphatic carbocycles. The van der Waals surface area contributed by atoms with Crippen molar-refractivity contribution in [3.8, 4) is 0 Å². The smallest absolute Gasteiger partial charge is 0.325 e. The Hall–Kier alpha value is -1.10. The molecule has 1 amide bonds. The van der Waals surface area contributed by atoms with E-state index in [-0.39, 0.29) is 24.3 Å². The van der Waals surface area contributed by atoms with Crippen molar-refractivity contribution in [1.29, 1.82) is 0 Å². The minimum atomic E-state index is -0.322. The van der Waals surface area contributed by atoms with E-state index in [1.54, 1.807) is 11.8 Å². The van der Waals surface area contributed by atoms with E-state index in [1.165, 1.54) is 0 Å².